The van der Waals surface area contributed by atoms with Crippen LogP contribution in [0.25, 0.3) is 16.6 Å². The molecule has 8 heteroatoms. The van der Waals surface area contributed by atoms with Crippen molar-refractivity contribution in [1.82, 2.24) is 9.55 Å². The molecule has 32 heavy (non-hydrogen) atoms. The van der Waals surface area contributed by atoms with E-state index >= 15 is 0 Å². The van der Waals surface area contributed by atoms with Crippen molar-refractivity contribution in [2.75, 3.05) is 5.32 Å². The first kappa shape index (κ1) is 21.3. The van der Waals surface area contributed by atoms with Crippen LogP contribution in [0.5, 0.6) is 0 Å². The molecule has 3 N–H and O–H groups in total. The van der Waals surface area contributed by atoms with Gasteiger partial charge in [-0.15, -0.1) is 0 Å². The molecular weight excluding hydrogens is 424 g/mol. The minimum atomic E-state index is -0.547. The molecular formula is C24H20N4O3S. The average Bonchev–Trinajstić information content (AvgIpc) is 2.80. The predicted molar refractivity (Wildman–Crippen MR) is 126 cm³/mol. The SMILES string of the molecule is CC(Sc1nc2ccccc2c(=O)n1-c1ccccc1)C(=O)Nc1ccc(C(N)=O)cc1. The predicted octanol–water partition coefficient (Wildman–Crippen LogP) is 3.60. The van der Waals surface area contributed by atoms with E-state index in [1.807, 2.05) is 36.4 Å². The number of fused-ring (bicyclic) bond motifs is 1. The summed E-state index contributed by atoms with van der Waals surface area (Å²) >= 11 is 1.20. The highest BCUT2D eigenvalue weighted by Gasteiger charge is 2.20. The van der Waals surface area contributed by atoms with Gasteiger partial charge in [0.05, 0.1) is 21.8 Å². The van der Waals surface area contributed by atoms with E-state index in [-0.39, 0.29) is 11.5 Å². The molecule has 4 rings (SSSR count). The molecule has 4 aromatic rings. The third kappa shape index (κ3) is 4.40. The molecule has 1 unspecified atom stereocenters. The lowest BCUT2D eigenvalue weighted by atomic mass is 10.2. The Labute approximate surface area is 188 Å². The monoisotopic (exact) mass is 444 g/mol. The molecule has 1 aromatic heterocycles. The van der Waals surface area contributed by atoms with Gasteiger partial charge in [0, 0.05) is 11.3 Å². The fourth-order valence-corrected chi connectivity index (χ4v) is 4.10. The first-order valence-corrected chi connectivity index (χ1v) is 10.8. The van der Waals surface area contributed by atoms with Crippen molar-refractivity contribution >= 4 is 40.2 Å². The van der Waals surface area contributed by atoms with Gasteiger partial charge in [0.1, 0.15) is 0 Å². The number of hydrogen-bond donors (Lipinski definition) is 2. The van der Waals surface area contributed by atoms with Gasteiger partial charge in [-0.1, -0.05) is 42.1 Å². The molecule has 0 saturated carbocycles. The van der Waals surface area contributed by atoms with Crippen LogP contribution in [0.3, 0.4) is 0 Å². The molecule has 1 heterocycles. The van der Waals surface area contributed by atoms with E-state index in [1.54, 1.807) is 49.4 Å². The van der Waals surface area contributed by atoms with E-state index in [9.17, 15) is 14.4 Å². The molecule has 0 bridgehead atoms. The summed E-state index contributed by atoms with van der Waals surface area (Å²) in [6.45, 7) is 1.74. The minimum absolute atomic E-state index is 0.195. The van der Waals surface area contributed by atoms with E-state index in [1.165, 1.54) is 16.3 Å². The Morgan fingerprint density at radius 1 is 0.969 bits per heavy atom. The summed E-state index contributed by atoms with van der Waals surface area (Å²) in [6, 6.07) is 22.7. The fourth-order valence-electron chi connectivity index (χ4n) is 3.17. The van der Waals surface area contributed by atoms with Crippen molar-refractivity contribution in [3.05, 3.63) is 94.8 Å². The number of hydrogen-bond acceptors (Lipinski definition) is 5. The molecule has 2 amide bonds. The molecule has 0 radical (unpaired) electrons. The standard InChI is InChI=1S/C24H20N4O3S/c1-15(22(30)26-17-13-11-16(12-14-17)21(25)29)32-24-27-20-10-6-5-9-19(20)23(31)28(24)18-7-3-2-4-8-18/h2-15H,1H3,(H2,25,29)(H,26,30). The van der Waals surface area contributed by atoms with Crippen LogP contribution < -0.4 is 16.6 Å². The Hall–Kier alpha value is -3.91. The number of amides is 2. The quantitative estimate of drug-likeness (QED) is 0.349. The van der Waals surface area contributed by atoms with Crippen LogP contribution in [0.2, 0.25) is 0 Å². The molecule has 0 aliphatic carbocycles. The summed E-state index contributed by atoms with van der Waals surface area (Å²) in [6.07, 6.45) is 0. The zero-order chi connectivity index (χ0) is 22.7. The van der Waals surface area contributed by atoms with E-state index in [0.29, 0.717) is 33.0 Å². The van der Waals surface area contributed by atoms with Crippen molar-refractivity contribution in [2.24, 2.45) is 5.73 Å². The lowest BCUT2D eigenvalue weighted by molar-refractivity contribution is -0.115. The first-order chi connectivity index (χ1) is 15.4. The van der Waals surface area contributed by atoms with Gasteiger partial charge in [-0.3, -0.25) is 19.0 Å². The second-order valence-corrected chi connectivity index (χ2v) is 8.39. The van der Waals surface area contributed by atoms with E-state index < -0.39 is 11.2 Å². The first-order valence-electron chi connectivity index (χ1n) is 9.88. The van der Waals surface area contributed by atoms with Gasteiger partial charge in [-0.25, -0.2) is 4.98 Å². The van der Waals surface area contributed by atoms with Gasteiger partial charge in [0.15, 0.2) is 5.16 Å². The number of nitrogens with two attached hydrogens (primary N) is 1. The summed E-state index contributed by atoms with van der Waals surface area (Å²) in [4.78, 5) is 41.9. The highest BCUT2D eigenvalue weighted by atomic mass is 32.2. The number of nitrogens with zero attached hydrogens (tertiary/aromatic N) is 2. The lowest BCUT2D eigenvalue weighted by Gasteiger charge is -2.16. The second-order valence-electron chi connectivity index (χ2n) is 7.08. The highest BCUT2D eigenvalue weighted by molar-refractivity contribution is 8.00. The Kier molecular flexibility index (Phi) is 6.04. The van der Waals surface area contributed by atoms with Crippen molar-refractivity contribution in [1.29, 1.82) is 0 Å². The molecule has 3 aromatic carbocycles. The fraction of sp³-hybridized carbons (Fsp3) is 0.0833. The highest BCUT2D eigenvalue weighted by Crippen LogP contribution is 2.26. The number of primary amides is 1. The number of carbonyl (C=O) groups is 2. The molecule has 0 aliphatic heterocycles. The molecule has 160 valence electrons. The molecule has 0 saturated heterocycles. The lowest BCUT2D eigenvalue weighted by Crippen LogP contribution is -2.26. The number of nitrogens with one attached hydrogen (secondary N) is 1. The summed E-state index contributed by atoms with van der Waals surface area (Å²) in [5.74, 6) is -0.795. The zero-order valence-electron chi connectivity index (χ0n) is 17.2. The number of rotatable bonds is 6. The average molecular weight is 445 g/mol. The molecule has 0 spiro atoms. The molecule has 7 nitrogen and oxygen atoms in total. The van der Waals surface area contributed by atoms with Gasteiger partial charge < -0.3 is 11.1 Å². The van der Waals surface area contributed by atoms with Crippen molar-refractivity contribution < 1.29 is 9.59 Å². The van der Waals surface area contributed by atoms with Crippen LogP contribution in [-0.4, -0.2) is 26.6 Å². The topological polar surface area (TPSA) is 107 Å². The van der Waals surface area contributed by atoms with Crippen molar-refractivity contribution in [2.45, 2.75) is 17.3 Å². The summed E-state index contributed by atoms with van der Waals surface area (Å²) in [7, 11) is 0. The maximum Gasteiger partial charge on any atom is 0.266 e. The van der Waals surface area contributed by atoms with Crippen LogP contribution in [0.1, 0.15) is 17.3 Å². The molecule has 0 fully saturated rings. The minimum Gasteiger partial charge on any atom is -0.366 e. The maximum atomic E-state index is 13.3. The van der Waals surface area contributed by atoms with Gasteiger partial charge in [0.2, 0.25) is 11.8 Å². The third-order valence-electron chi connectivity index (χ3n) is 4.85. The zero-order valence-corrected chi connectivity index (χ0v) is 18.0. The maximum absolute atomic E-state index is 13.3. The molecule has 0 aliphatic rings. The number of anilines is 1. The second kappa shape index (κ2) is 9.07. The number of benzene rings is 3. The number of para-hydroxylation sites is 2. The van der Waals surface area contributed by atoms with Crippen LogP contribution in [0.4, 0.5) is 5.69 Å². The van der Waals surface area contributed by atoms with Crippen LogP contribution in [0.15, 0.2) is 88.8 Å². The number of carbonyl (C=O) groups excluding carboxylic acids is 2. The van der Waals surface area contributed by atoms with E-state index in [2.05, 4.69) is 10.3 Å². The van der Waals surface area contributed by atoms with Gasteiger partial charge >= 0.3 is 0 Å². The number of thioether (sulfide) groups is 1. The summed E-state index contributed by atoms with van der Waals surface area (Å²) < 4.78 is 1.53. The smallest absolute Gasteiger partial charge is 0.266 e. The van der Waals surface area contributed by atoms with Gasteiger partial charge in [-0.05, 0) is 55.5 Å². The van der Waals surface area contributed by atoms with E-state index in [0.717, 1.165) is 0 Å². The summed E-state index contributed by atoms with van der Waals surface area (Å²) in [5, 5.41) is 3.19. The Balaban J connectivity index is 1.65. The Morgan fingerprint density at radius 2 is 1.62 bits per heavy atom. The normalized spacial score (nSPS) is 11.8. The van der Waals surface area contributed by atoms with Crippen molar-refractivity contribution in [3.8, 4) is 5.69 Å². The Morgan fingerprint density at radius 3 is 2.31 bits per heavy atom. The largest absolute Gasteiger partial charge is 0.366 e. The van der Waals surface area contributed by atoms with Gasteiger partial charge in [-0.2, -0.15) is 0 Å². The van der Waals surface area contributed by atoms with Crippen molar-refractivity contribution in [3.63, 3.8) is 0 Å². The van der Waals surface area contributed by atoms with Gasteiger partial charge in [0.25, 0.3) is 5.56 Å². The summed E-state index contributed by atoms with van der Waals surface area (Å²) in [5.41, 5.74) is 7.20. The number of aromatic nitrogens is 2. The van der Waals surface area contributed by atoms with Crippen LogP contribution in [0, 0.1) is 0 Å². The van der Waals surface area contributed by atoms with Crippen LogP contribution >= 0.6 is 11.8 Å². The van der Waals surface area contributed by atoms with Crippen LogP contribution in [-0.2, 0) is 4.79 Å². The molecule has 1 atom stereocenters. The Bertz CT molecular complexity index is 1350. The van der Waals surface area contributed by atoms with E-state index in [4.69, 9.17) is 5.73 Å². The third-order valence-corrected chi connectivity index (χ3v) is 5.90.